The van der Waals surface area contributed by atoms with Crippen LogP contribution < -0.4 is 4.74 Å². The van der Waals surface area contributed by atoms with Crippen molar-refractivity contribution in [2.45, 2.75) is 0 Å². The van der Waals surface area contributed by atoms with Crippen LogP contribution in [0.4, 0.5) is 4.39 Å². The van der Waals surface area contributed by atoms with Crippen LogP contribution in [-0.4, -0.2) is 33.0 Å². The lowest BCUT2D eigenvalue weighted by atomic mass is 10.0. The van der Waals surface area contributed by atoms with Gasteiger partial charge in [-0.3, -0.25) is 0 Å². The number of nitrogens with zero attached hydrogens (tertiary/aromatic N) is 4. The number of carboxylic acid groups (broad SMARTS) is 1. The van der Waals surface area contributed by atoms with Crippen LogP contribution in [0, 0.1) is 17.1 Å². The molecule has 0 radical (unpaired) electrons. The standard InChI is InChI=1S/C17H11FN4O3/c1-25-14-4-2-3-12(18)16(14)11-5-6-15(21-13(11)7-19)22-9-10(8-20-22)17(23)24/h2-6,8-9H,1H3,(H,23,24). The molecule has 25 heavy (non-hydrogen) atoms. The van der Waals surface area contributed by atoms with Crippen LogP contribution >= 0.6 is 0 Å². The fourth-order valence-electron chi connectivity index (χ4n) is 2.36. The summed E-state index contributed by atoms with van der Waals surface area (Å²) < 4.78 is 20.6. The Morgan fingerprint density at radius 3 is 2.80 bits per heavy atom. The van der Waals surface area contributed by atoms with E-state index in [4.69, 9.17) is 9.84 Å². The van der Waals surface area contributed by atoms with Crippen molar-refractivity contribution in [1.29, 1.82) is 5.26 Å². The molecule has 0 unspecified atom stereocenters. The minimum absolute atomic E-state index is 0.0137. The summed E-state index contributed by atoms with van der Waals surface area (Å²) in [5.41, 5.74) is 0.354. The van der Waals surface area contributed by atoms with Gasteiger partial charge >= 0.3 is 5.97 Å². The van der Waals surface area contributed by atoms with Crippen molar-refractivity contribution in [3.05, 3.63) is 59.8 Å². The number of methoxy groups -OCH3 is 1. The Kier molecular flexibility index (Phi) is 4.14. The number of aromatic carboxylic acids is 1. The lowest BCUT2D eigenvalue weighted by Crippen LogP contribution is -2.02. The van der Waals surface area contributed by atoms with E-state index in [-0.39, 0.29) is 34.0 Å². The number of carbonyl (C=O) groups is 1. The third kappa shape index (κ3) is 2.90. The molecule has 0 amide bonds. The number of pyridine rings is 1. The normalized spacial score (nSPS) is 10.3. The first-order valence-electron chi connectivity index (χ1n) is 7.07. The molecule has 0 saturated heterocycles. The zero-order valence-electron chi connectivity index (χ0n) is 13.0. The lowest BCUT2D eigenvalue weighted by molar-refractivity contribution is 0.0697. The van der Waals surface area contributed by atoms with Crippen LogP contribution in [0.3, 0.4) is 0 Å². The number of nitriles is 1. The van der Waals surface area contributed by atoms with Crippen molar-refractivity contribution in [3.8, 4) is 28.8 Å². The minimum Gasteiger partial charge on any atom is -0.496 e. The van der Waals surface area contributed by atoms with Crippen LogP contribution in [-0.2, 0) is 0 Å². The van der Waals surface area contributed by atoms with Gasteiger partial charge in [-0.05, 0) is 24.3 Å². The minimum atomic E-state index is -1.13. The molecule has 3 aromatic rings. The summed E-state index contributed by atoms with van der Waals surface area (Å²) in [5.74, 6) is -1.15. The smallest absolute Gasteiger partial charge is 0.338 e. The summed E-state index contributed by atoms with van der Waals surface area (Å²) in [6.07, 6.45) is 2.44. The summed E-state index contributed by atoms with van der Waals surface area (Å²) in [6.45, 7) is 0. The highest BCUT2D eigenvalue weighted by atomic mass is 19.1. The maximum atomic E-state index is 14.3. The van der Waals surface area contributed by atoms with E-state index < -0.39 is 11.8 Å². The molecule has 0 aliphatic heterocycles. The second-order valence-electron chi connectivity index (χ2n) is 4.97. The van der Waals surface area contributed by atoms with Gasteiger partial charge in [0.1, 0.15) is 17.6 Å². The molecule has 2 aromatic heterocycles. The molecule has 0 aliphatic rings. The number of benzene rings is 1. The molecular weight excluding hydrogens is 327 g/mol. The monoisotopic (exact) mass is 338 g/mol. The highest BCUT2D eigenvalue weighted by Gasteiger charge is 2.17. The van der Waals surface area contributed by atoms with Crippen molar-refractivity contribution in [2.75, 3.05) is 7.11 Å². The van der Waals surface area contributed by atoms with Gasteiger partial charge in [0.2, 0.25) is 0 Å². The number of carboxylic acids is 1. The zero-order chi connectivity index (χ0) is 18.0. The van der Waals surface area contributed by atoms with Gasteiger partial charge in [-0.15, -0.1) is 0 Å². The Bertz CT molecular complexity index is 1010. The number of hydrogen-bond donors (Lipinski definition) is 1. The largest absolute Gasteiger partial charge is 0.496 e. The van der Waals surface area contributed by atoms with E-state index in [1.807, 2.05) is 6.07 Å². The predicted octanol–water partition coefficient (Wildman–Crippen LogP) is 2.65. The highest BCUT2D eigenvalue weighted by molar-refractivity contribution is 5.87. The van der Waals surface area contributed by atoms with Crippen LogP contribution in [0.15, 0.2) is 42.7 Å². The van der Waals surface area contributed by atoms with E-state index in [2.05, 4.69) is 10.1 Å². The van der Waals surface area contributed by atoms with E-state index in [9.17, 15) is 14.4 Å². The summed E-state index contributed by atoms with van der Waals surface area (Å²) in [5, 5.41) is 22.2. The van der Waals surface area contributed by atoms with Gasteiger partial charge in [0.25, 0.3) is 0 Å². The Hall–Kier alpha value is -3.73. The molecule has 0 bridgehead atoms. The average Bonchev–Trinajstić information content (AvgIpc) is 3.11. The summed E-state index contributed by atoms with van der Waals surface area (Å²) in [4.78, 5) is 15.1. The molecule has 7 nitrogen and oxygen atoms in total. The maximum absolute atomic E-state index is 14.3. The molecule has 0 saturated carbocycles. The van der Waals surface area contributed by atoms with E-state index in [1.54, 1.807) is 6.07 Å². The van der Waals surface area contributed by atoms with Crippen molar-refractivity contribution in [1.82, 2.24) is 14.8 Å². The van der Waals surface area contributed by atoms with Crippen LogP contribution in [0.5, 0.6) is 5.75 Å². The number of aromatic nitrogens is 3. The summed E-state index contributed by atoms with van der Waals surface area (Å²) >= 11 is 0. The van der Waals surface area contributed by atoms with E-state index in [1.165, 1.54) is 48.5 Å². The van der Waals surface area contributed by atoms with Gasteiger partial charge < -0.3 is 9.84 Å². The van der Waals surface area contributed by atoms with Crippen molar-refractivity contribution in [3.63, 3.8) is 0 Å². The van der Waals surface area contributed by atoms with Crippen LogP contribution in [0.1, 0.15) is 16.1 Å². The lowest BCUT2D eigenvalue weighted by Gasteiger charge is -2.11. The molecule has 1 N–H and O–H groups in total. The zero-order valence-corrected chi connectivity index (χ0v) is 13.0. The summed E-state index contributed by atoms with van der Waals surface area (Å²) in [7, 11) is 1.41. The molecule has 0 fully saturated rings. The molecular formula is C17H11FN4O3. The van der Waals surface area contributed by atoms with Gasteiger partial charge in [-0.2, -0.15) is 10.4 Å². The average molecular weight is 338 g/mol. The molecule has 3 rings (SSSR count). The number of ether oxygens (including phenoxy) is 1. The van der Waals surface area contributed by atoms with Gasteiger partial charge in [0.05, 0.1) is 24.4 Å². The Balaban J connectivity index is 2.13. The Labute approximate surface area is 141 Å². The van der Waals surface area contributed by atoms with Gasteiger partial charge in [-0.1, -0.05) is 6.07 Å². The van der Waals surface area contributed by atoms with E-state index in [0.717, 1.165) is 0 Å². The third-order valence-electron chi connectivity index (χ3n) is 3.52. The SMILES string of the molecule is COc1cccc(F)c1-c1ccc(-n2cc(C(=O)O)cn2)nc1C#N. The highest BCUT2D eigenvalue weighted by Crippen LogP contribution is 2.34. The first kappa shape index (κ1) is 16.1. The predicted molar refractivity (Wildman–Crippen MR) is 85.0 cm³/mol. The maximum Gasteiger partial charge on any atom is 0.338 e. The molecule has 1 aromatic carbocycles. The third-order valence-corrected chi connectivity index (χ3v) is 3.52. The molecule has 8 heteroatoms. The van der Waals surface area contributed by atoms with Crippen LogP contribution in [0.25, 0.3) is 16.9 Å². The molecule has 0 aliphatic carbocycles. The molecule has 0 spiro atoms. The van der Waals surface area contributed by atoms with Crippen molar-refractivity contribution < 1.29 is 19.0 Å². The molecule has 0 atom stereocenters. The fraction of sp³-hybridized carbons (Fsp3) is 0.0588. The number of halogens is 1. The second kappa shape index (κ2) is 6.41. The first-order valence-corrected chi connectivity index (χ1v) is 7.07. The van der Waals surface area contributed by atoms with E-state index in [0.29, 0.717) is 0 Å². The topological polar surface area (TPSA) is 101 Å². The second-order valence-corrected chi connectivity index (χ2v) is 4.97. The van der Waals surface area contributed by atoms with Gasteiger partial charge in [0.15, 0.2) is 11.5 Å². The first-order chi connectivity index (χ1) is 12.0. The Morgan fingerprint density at radius 1 is 1.36 bits per heavy atom. The van der Waals surface area contributed by atoms with Gasteiger partial charge in [0, 0.05) is 11.8 Å². The van der Waals surface area contributed by atoms with E-state index >= 15 is 0 Å². The number of hydrogen-bond acceptors (Lipinski definition) is 5. The summed E-state index contributed by atoms with van der Waals surface area (Å²) in [6, 6.07) is 9.30. The molecule has 124 valence electrons. The van der Waals surface area contributed by atoms with Crippen molar-refractivity contribution in [2.24, 2.45) is 0 Å². The fourth-order valence-corrected chi connectivity index (χ4v) is 2.36. The van der Waals surface area contributed by atoms with Crippen LogP contribution in [0.2, 0.25) is 0 Å². The molecule has 2 heterocycles. The quantitative estimate of drug-likeness (QED) is 0.785. The van der Waals surface area contributed by atoms with Gasteiger partial charge in [-0.25, -0.2) is 18.9 Å². The van der Waals surface area contributed by atoms with Crippen molar-refractivity contribution >= 4 is 5.97 Å². The number of rotatable bonds is 4. The Morgan fingerprint density at radius 2 is 2.16 bits per heavy atom.